The minimum atomic E-state index is -0.846. The molecular formula is C69H131NO5. The van der Waals surface area contributed by atoms with Crippen molar-refractivity contribution in [2.75, 3.05) is 13.2 Å². The number of carbonyl (C=O) groups is 2. The van der Waals surface area contributed by atoms with Gasteiger partial charge in [-0.05, 0) is 64.2 Å². The highest BCUT2D eigenvalue weighted by atomic mass is 16.5. The molecule has 3 N–H and O–H groups in total. The fraction of sp³-hybridized carbons (Fsp3) is 0.884. The molecule has 0 heterocycles. The topological polar surface area (TPSA) is 95.9 Å². The Labute approximate surface area is 468 Å². The molecule has 0 aromatic rings. The van der Waals surface area contributed by atoms with Crippen molar-refractivity contribution in [3.05, 3.63) is 36.5 Å². The highest BCUT2D eigenvalue weighted by Crippen LogP contribution is 2.18. The van der Waals surface area contributed by atoms with Crippen LogP contribution in [0.2, 0.25) is 0 Å². The van der Waals surface area contributed by atoms with Gasteiger partial charge in [0.2, 0.25) is 5.91 Å². The number of rotatable bonds is 63. The van der Waals surface area contributed by atoms with Gasteiger partial charge in [-0.1, -0.05) is 326 Å². The number of hydrogen-bond donors (Lipinski definition) is 3. The van der Waals surface area contributed by atoms with E-state index >= 15 is 0 Å². The minimum absolute atomic E-state index is 0.0116. The molecular weight excluding hydrogens is 923 g/mol. The van der Waals surface area contributed by atoms with Crippen LogP contribution in [0.3, 0.4) is 0 Å². The summed E-state index contributed by atoms with van der Waals surface area (Å²) in [4.78, 5) is 24.5. The first-order valence-electron chi connectivity index (χ1n) is 33.8. The molecule has 0 fully saturated rings. The molecule has 0 radical (unpaired) electrons. The molecule has 0 rings (SSSR count). The molecule has 0 aromatic heterocycles. The lowest BCUT2D eigenvalue weighted by atomic mass is 10.0. The Morgan fingerprint density at radius 3 is 1.01 bits per heavy atom. The molecule has 2 atom stereocenters. The fourth-order valence-corrected chi connectivity index (χ4v) is 10.5. The third-order valence-corrected chi connectivity index (χ3v) is 15.7. The second kappa shape index (κ2) is 64.6. The van der Waals surface area contributed by atoms with Crippen LogP contribution in [0.4, 0.5) is 0 Å². The third-order valence-electron chi connectivity index (χ3n) is 15.7. The molecule has 442 valence electrons. The lowest BCUT2D eigenvalue weighted by Crippen LogP contribution is -2.45. The summed E-state index contributed by atoms with van der Waals surface area (Å²) in [5.74, 6) is -0.0547. The average Bonchev–Trinajstić information content (AvgIpc) is 3.41. The molecule has 0 saturated carbocycles. The summed E-state index contributed by atoms with van der Waals surface area (Å²) in [5, 5.41) is 23.2. The second-order valence-corrected chi connectivity index (χ2v) is 23.2. The predicted octanol–water partition coefficient (Wildman–Crippen LogP) is 21.5. The second-order valence-electron chi connectivity index (χ2n) is 23.2. The first-order valence-corrected chi connectivity index (χ1v) is 33.8. The molecule has 0 aliphatic rings. The van der Waals surface area contributed by atoms with Crippen LogP contribution in [0.5, 0.6) is 0 Å². The van der Waals surface area contributed by atoms with Crippen LogP contribution in [-0.4, -0.2) is 47.4 Å². The lowest BCUT2D eigenvalue weighted by molar-refractivity contribution is -0.143. The van der Waals surface area contributed by atoms with Gasteiger partial charge in [0.05, 0.1) is 25.4 Å². The Morgan fingerprint density at radius 1 is 0.373 bits per heavy atom. The summed E-state index contributed by atoms with van der Waals surface area (Å²) in [6.45, 7) is 4.92. The van der Waals surface area contributed by atoms with Crippen molar-refractivity contribution in [1.29, 1.82) is 0 Å². The first-order chi connectivity index (χ1) is 37.0. The summed E-state index contributed by atoms with van der Waals surface area (Å²) >= 11 is 0. The van der Waals surface area contributed by atoms with Crippen molar-refractivity contribution in [1.82, 2.24) is 5.32 Å². The van der Waals surface area contributed by atoms with Crippen LogP contribution < -0.4 is 5.32 Å². The molecule has 6 heteroatoms. The number of carbonyl (C=O) groups excluding carboxylic acids is 2. The van der Waals surface area contributed by atoms with E-state index in [0.717, 1.165) is 44.9 Å². The first kappa shape index (κ1) is 73.1. The maximum Gasteiger partial charge on any atom is 0.305 e. The molecule has 75 heavy (non-hydrogen) atoms. The summed E-state index contributed by atoms with van der Waals surface area (Å²) in [5.41, 5.74) is 0. The van der Waals surface area contributed by atoms with Gasteiger partial charge in [-0.2, -0.15) is 0 Å². The third kappa shape index (κ3) is 61.2. The van der Waals surface area contributed by atoms with E-state index in [1.807, 2.05) is 6.08 Å². The van der Waals surface area contributed by atoms with Crippen LogP contribution in [0, 0.1) is 0 Å². The maximum atomic E-state index is 12.5. The van der Waals surface area contributed by atoms with E-state index in [2.05, 4.69) is 43.5 Å². The number of amides is 1. The van der Waals surface area contributed by atoms with Crippen LogP contribution >= 0.6 is 0 Å². The van der Waals surface area contributed by atoms with E-state index in [-0.39, 0.29) is 18.5 Å². The van der Waals surface area contributed by atoms with E-state index in [1.54, 1.807) is 6.08 Å². The van der Waals surface area contributed by atoms with Gasteiger partial charge in [0.1, 0.15) is 0 Å². The van der Waals surface area contributed by atoms with Crippen molar-refractivity contribution in [3.63, 3.8) is 0 Å². The van der Waals surface area contributed by atoms with Gasteiger partial charge >= 0.3 is 5.97 Å². The van der Waals surface area contributed by atoms with Crippen molar-refractivity contribution in [3.8, 4) is 0 Å². The van der Waals surface area contributed by atoms with Crippen LogP contribution in [0.25, 0.3) is 0 Å². The largest absolute Gasteiger partial charge is 0.466 e. The maximum absolute atomic E-state index is 12.5. The highest BCUT2D eigenvalue weighted by Gasteiger charge is 2.18. The van der Waals surface area contributed by atoms with E-state index in [1.165, 1.54) is 295 Å². The molecule has 0 aliphatic heterocycles. The van der Waals surface area contributed by atoms with Gasteiger partial charge in [0.15, 0.2) is 0 Å². The van der Waals surface area contributed by atoms with Crippen molar-refractivity contribution in [2.45, 2.75) is 379 Å². The number of esters is 1. The monoisotopic (exact) mass is 1050 g/mol. The number of nitrogens with one attached hydrogen (secondary N) is 1. The molecule has 0 aliphatic carbocycles. The van der Waals surface area contributed by atoms with Gasteiger partial charge in [-0.15, -0.1) is 0 Å². The summed E-state index contributed by atoms with van der Waals surface area (Å²) in [7, 11) is 0. The number of hydrogen-bond acceptors (Lipinski definition) is 5. The molecule has 0 saturated heterocycles. The Morgan fingerprint density at radius 2 is 0.667 bits per heavy atom. The zero-order chi connectivity index (χ0) is 54.3. The van der Waals surface area contributed by atoms with Crippen LogP contribution in [0.1, 0.15) is 367 Å². The molecule has 1 amide bonds. The predicted molar refractivity (Wildman–Crippen MR) is 329 cm³/mol. The number of unbranched alkanes of at least 4 members (excludes halogenated alkanes) is 48. The fourth-order valence-electron chi connectivity index (χ4n) is 10.5. The normalized spacial score (nSPS) is 12.7. The standard InChI is InChI=1S/C69H131NO5/c1-3-5-7-9-11-13-15-16-17-18-32-35-38-42-45-49-53-57-61-67(72)66(65-71)70-68(73)62-58-54-50-46-43-39-36-33-30-28-26-24-22-20-19-21-23-25-27-29-31-34-37-40-44-48-52-56-60-64-75-69(74)63-59-55-51-47-41-14-12-10-8-6-4-2/h19,21,25,27,57,61,66-67,71-72H,3-18,20,22-24,26,28-56,58-60,62-65H2,1-2H3,(H,70,73)/b21-19-,27-25-,61-57+. The molecule has 0 bridgehead atoms. The summed E-state index contributed by atoms with van der Waals surface area (Å²) in [6.07, 6.45) is 82.1. The van der Waals surface area contributed by atoms with Gasteiger partial charge in [-0.3, -0.25) is 9.59 Å². The molecule has 6 nitrogen and oxygen atoms in total. The number of aliphatic hydroxyl groups excluding tert-OH is 2. The minimum Gasteiger partial charge on any atom is -0.466 e. The van der Waals surface area contributed by atoms with Crippen molar-refractivity contribution < 1.29 is 24.5 Å². The smallest absolute Gasteiger partial charge is 0.305 e. The summed E-state index contributed by atoms with van der Waals surface area (Å²) < 4.78 is 5.47. The van der Waals surface area contributed by atoms with E-state index in [9.17, 15) is 19.8 Å². The Balaban J connectivity index is 3.43. The van der Waals surface area contributed by atoms with Crippen LogP contribution in [-0.2, 0) is 14.3 Å². The molecule has 0 aromatic carbocycles. The highest BCUT2D eigenvalue weighted by molar-refractivity contribution is 5.76. The van der Waals surface area contributed by atoms with Gasteiger partial charge in [0, 0.05) is 12.8 Å². The van der Waals surface area contributed by atoms with E-state index < -0.39 is 12.1 Å². The van der Waals surface area contributed by atoms with Crippen molar-refractivity contribution >= 4 is 11.9 Å². The Kier molecular flexibility index (Phi) is 63.0. The quantitative estimate of drug-likeness (QED) is 0.0320. The van der Waals surface area contributed by atoms with E-state index in [4.69, 9.17) is 4.74 Å². The zero-order valence-electron chi connectivity index (χ0n) is 50.5. The number of allylic oxidation sites excluding steroid dienone is 5. The van der Waals surface area contributed by atoms with Crippen molar-refractivity contribution in [2.24, 2.45) is 0 Å². The van der Waals surface area contributed by atoms with Crippen LogP contribution in [0.15, 0.2) is 36.5 Å². The Bertz CT molecular complexity index is 1210. The summed E-state index contributed by atoms with van der Waals surface area (Å²) in [6, 6.07) is -0.629. The number of ether oxygens (including phenoxy) is 1. The lowest BCUT2D eigenvalue weighted by Gasteiger charge is -2.20. The van der Waals surface area contributed by atoms with E-state index in [0.29, 0.717) is 19.4 Å². The SMILES string of the molecule is CCCCCCCCCCCCCCCCCC/C=C/C(O)C(CO)NC(=O)CCCCCCCCCCCCCCC/C=C\C/C=C\CCCCCCCCCCCOC(=O)CCCCCCCCCCCCC. The molecule has 0 spiro atoms. The Hall–Kier alpha value is -1.92. The zero-order valence-corrected chi connectivity index (χ0v) is 50.5. The molecule has 2 unspecified atom stereocenters. The number of aliphatic hydroxyl groups is 2. The van der Waals surface area contributed by atoms with Gasteiger partial charge in [0.25, 0.3) is 0 Å². The average molecular weight is 1050 g/mol. The van der Waals surface area contributed by atoms with Gasteiger partial charge in [-0.25, -0.2) is 0 Å². The van der Waals surface area contributed by atoms with Gasteiger partial charge < -0.3 is 20.3 Å².